The molecule has 0 atom stereocenters. The smallest absolute Gasteiger partial charge is 0.234 e. The lowest BCUT2D eigenvalue weighted by molar-refractivity contribution is -0.113. The van der Waals surface area contributed by atoms with Crippen LogP contribution in [0, 0.1) is 27.7 Å². The second kappa shape index (κ2) is 8.54. The number of carbonyl (C=O) groups excluding carboxylic acids is 1. The van der Waals surface area contributed by atoms with Gasteiger partial charge in [0.25, 0.3) is 0 Å². The van der Waals surface area contributed by atoms with E-state index in [2.05, 4.69) is 46.8 Å². The first-order valence-electron chi connectivity index (χ1n) is 8.59. The number of nitrogens with one attached hydrogen (secondary N) is 2. The van der Waals surface area contributed by atoms with Gasteiger partial charge in [0.15, 0.2) is 4.34 Å². The van der Waals surface area contributed by atoms with E-state index in [1.54, 1.807) is 0 Å². The molecular formula is C20H22N4OS2. The van der Waals surface area contributed by atoms with Crippen LogP contribution in [-0.4, -0.2) is 21.9 Å². The van der Waals surface area contributed by atoms with E-state index in [1.807, 2.05) is 38.1 Å². The lowest BCUT2D eigenvalue weighted by atomic mass is 10.1. The summed E-state index contributed by atoms with van der Waals surface area (Å²) in [5.41, 5.74) is 6.47. The molecule has 140 valence electrons. The number of hydrogen-bond acceptors (Lipinski definition) is 6. The van der Waals surface area contributed by atoms with Crippen LogP contribution in [0.5, 0.6) is 0 Å². The van der Waals surface area contributed by atoms with Crippen LogP contribution in [-0.2, 0) is 4.79 Å². The second-order valence-corrected chi connectivity index (χ2v) is 8.60. The highest BCUT2D eigenvalue weighted by molar-refractivity contribution is 8.01. The summed E-state index contributed by atoms with van der Waals surface area (Å²) < 4.78 is 0.762. The molecule has 0 saturated heterocycles. The molecule has 0 fully saturated rings. The first kappa shape index (κ1) is 19.4. The van der Waals surface area contributed by atoms with Gasteiger partial charge < -0.3 is 10.6 Å². The third-order valence-corrected chi connectivity index (χ3v) is 6.21. The number of amides is 1. The highest BCUT2D eigenvalue weighted by Gasteiger charge is 2.11. The van der Waals surface area contributed by atoms with Gasteiger partial charge in [-0.15, -0.1) is 10.2 Å². The van der Waals surface area contributed by atoms with Crippen molar-refractivity contribution < 1.29 is 4.79 Å². The highest BCUT2D eigenvalue weighted by Crippen LogP contribution is 2.28. The van der Waals surface area contributed by atoms with Crippen LogP contribution >= 0.6 is 23.1 Å². The van der Waals surface area contributed by atoms with Crippen LogP contribution < -0.4 is 10.6 Å². The van der Waals surface area contributed by atoms with Crippen LogP contribution in [0.25, 0.3) is 0 Å². The molecule has 0 bridgehead atoms. The minimum absolute atomic E-state index is 0.0451. The van der Waals surface area contributed by atoms with Crippen LogP contribution in [0.2, 0.25) is 0 Å². The number of benzene rings is 2. The summed E-state index contributed by atoms with van der Waals surface area (Å²) in [6, 6.07) is 12.2. The summed E-state index contributed by atoms with van der Waals surface area (Å²) in [4.78, 5) is 12.3. The molecule has 1 heterocycles. The lowest BCUT2D eigenvalue weighted by Gasteiger charge is -2.10. The van der Waals surface area contributed by atoms with Crippen molar-refractivity contribution in [3.8, 4) is 0 Å². The fourth-order valence-corrected chi connectivity index (χ4v) is 4.15. The molecule has 0 spiro atoms. The number of carbonyl (C=O) groups is 1. The fraction of sp³-hybridized carbons (Fsp3) is 0.250. The van der Waals surface area contributed by atoms with E-state index in [1.165, 1.54) is 34.2 Å². The van der Waals surface area contributed by atoms with E-state index < -0.39 is 0 Å². The molecule has 0 aliphatic carbocycles. The van der Waals surface area contributed by atoms with Crippen LogP contribution in [0.1, 0.15) is 22.3 Å². The number of aryl methyl sites for hydroxylation is 4. The van der Waals surface area contributed by atoms with E-state index in [0.29, 0.717) is 5.75 Å². The van der Waals surface area contributed by atoms with Gasteiger partial charge >= 0.3 is 0 Å². The Morgan fingerprint density at radius 3 is 2.44 bits per heavy atom. The van der Waals surface area contributed by atoms with Gasteiger partial charge in [-0.25, -0.2) is 0 Å². The van der Waals surface area contributed by atoms with Gasteiger partial charge in [-0.2, -0.15) is 0 Å². The molecule has 2 aromatic carbocycles. The molecule has 2 N–H and O–H groups in total. The van der Waals surface area contributed by atoms with Gasteiger partial charge in [0.2, 0.25) is 11.0 Å². The maximum Gasteiger partial charge on any atom is 0.234 e. The average Bonchev–Trinajstić information content (AvgIpc) is 3.07. The molecule has 0 aliphatic heterocycles. The van der Waals surface area contributed by atoms with E-state index in [9.17, 15) is 4.79 Å². The molecule has 3 rings (SSSR count). The van der Waals surface area contributed by atoms with Crippen molar-refractivity contribution >= 4 is 45.5 Å². The van der Waals surface area contributed by atoms with Gasteiger partial charge in [0.1, 0.15) is 0 Å². The van der Waals surface area contributed by atoms with Gasteiger partial charge in [-0.05, 0) is 62.1 Å². The van der Waals surface area contributed by atoms with E-state index in [4.69, 9.17) is 0 Å². The molecule has 1 aromatic heterocycles. The Kier molecular flexibility index (Phi) is 6.13. The van der Waals surface area contributed by atoms with Crippen molar-refractivity contribution in [1.29, 1.82) is 0 Å². The number of nitrogens with zero attached hydrogens (tertiary/aromatic N) is 2. The zero-order valence-electron chi connectivity index (χ0n) is 15.8. The van der Waals surface area contributed by atoms with Crippen molar-refractivity contribution in [3.63, 3.8) is 0 Å². The number of thioether (sulfide) groups is 1. The van der Waals surface area contributed by atoms with Gasteiger partial charge in [-0.1, -0.05) is 47.4 Å². The van der Waals surface area contributed by atoms with Gasteiger partial charge in [-0.3, -0.25) is 4.79 Å². The maximum absolute atomic E-state index is 12.3. The molecule has 1 amide bonds. The average molecular weight is 399 g/mol. The number of para-hydroxylation sites is 1. The van der Waals surface area contributed by atoms with E-state index >= 15 is 0 Å². The van der Waals surface area contributed by atoms with E-state index in [-0.39, 0.29) is 5.91 Å². The Balaban J connectivity index is 1.56. The second-order valence-electron chi connectivity index (χ2n) is 6.40. The summed E-state index contributed by atoms with van der Waals surface area (Å²) in [5, 5.41) is 15.3. The Morgan fingerprint density at radius 1 is 1.00 bits per heavy atom. The number of rotatable bonds is 6. The summed E-state index contributed by atoms with van der Waals surface area (Å²) in [5.74, 6) is 0.253. The highest BCUT2D eigenvalue weighted by atomic mass is 32.2. The zero-order chi connectivity index (χ0) is 19.4. The van der Waals surface area contributed by atoms with Gasteiger partial charge in [0.05, 0.1) is 5.75 Å². The third kappa shape index (κ3) is 5.08. The monoisotopic (exact) mass is 398 g/mol. The van der Waals surface area contributed by atoms with Crippen molar-refractivity contribution in [2.45, 2.75) is 32.0 Å². The molecule has 0 radical (unpaired) electrons. The zero-order valence-corrected chi connectivity index (χ0v) is 17.4. The molecule has 0 aliphatic rings. The number of aromatic nitrogens is 2. The minimum Gasteiger partial charge on any atom is -0.330 e. The molecule has 0 unspecified atom stereocenters. The topological polar surface area (TPSA) is 66.9 Å². The van der Waals surface area contributed by atoms with Crippen LogP contribution in [0.15, 0.2) is 40.7 Å². The van der Waals surface area contributed by atoms with Crippen molar-refractivity contribution in [3.05, 3.63) is 58.7 Å². The first-order valence-corrected chi connectivity index (χ1v) is 10.4. The predicted octanol–water partition coefficient (Wildman–Crippen LogP) is 5.25. The molecule has 27 heavy (non-hydrogen) atoms. The molecule has 0 saturated carbocycles. The number of hydrogen-bond donors (Lipinski definition) is 2. The summed E-state index contributed by atoms with van der Waals surface area (Å²) >= 11 is 2.83. The number of anilines is 3. The summed E-state index contributed by atoms with van der Waals surface area (Å²) in [7, 11) is 0. The van der Waals surface area contributed by atoms with Crippen molar-refractivity contribution in [1.82, 2.24) is 10.2 Å². The van der Waals surface area contributed by atoms with Crippen LogP contribution in [0.3, 0.4) is 0 Å². The Morgan fingerprint density at radius 2 is 1.74 bits per heavy atom. The maximum atomic E-state index is 12.3. The minimum atomic E-state index is -0.0451. The quantitative estimate of drug-likeness (QED) is 0.555. The Bertz CT molecular complexity index is 948. The summed E-state index contributed by atoms with van der Waals surface area (Å²) in [6.45, 7) is 8.15. The third-order valence-electron chi connectivity index (χ3n) is 4.24. The lowest BCUT2D eigenvalue weighted by Crippen LogP contribution is -2.15. The molecule has 7 heteroatoms. The van der Waals surface area contributed by atoms with Crippen molar-refractivity contribution in [2.24, 2.45) is 0 Å². The normalized spacial score (nSPS) is 10.7. The Labute approximate surface area is 167 Å². The SMILES string of the molecule is Cc1ccc(Nc2nnc(SCC(=O)Nc3c(C)cccc3C)s2)cc1C. The molecule has 5 nitrogen and oxygen atoms in total. The molecular weight excluding hydrogens is 376 g/mol. The fourth-order valence-electron chi connectivity index (χ4n) is 2.58. The van der Waals surface area contributed by atoms with Gasteiger partial charge in [0, 0.05) is 11.4 Å². The summed E-state index contributed by atoms with van der Waals surface area (Å²) in [6.07, 6.45) is 0. The van der Waals surface area contributed by atoms with Crippen LogP contribution in [0.4, 0.5) is 16.5 Å². The standard InChI is InChI=1S/C20H22N4OS2/c1-12-8-9-16(10-15(12)4)21-19-23-24-20(27-19)26-11-17(25)22-18-13(2)6-5-7-14(18)3/h5-10H,11H2,1-4H3,(H,21,23)(H,22,25). The predicted molar refractivity (Wildman–Crippen MR) is 114 cm³/mol. The first-order chi connectivity index (χ1) is 12.9. The largest absolute Gasteiger partial charge is 0.330 e. The van der Waals surface area contributed by atoms with E-state index in [0.717, 1.165) is 32.0 Å². The Hall–Kier alpha value is -2.38. The molecule has 3 aromatic rings. The van der Waals surface area contributed by atoms with Crippen molar-refractivity contribution in [2.75, 3.05) is 16.4 Å².